The van der Waals surface area contributed by atoms with E-state index in [4.69, 9.17) is 0 Å². The van der Waals surface area contributed by atoms with Crippen LogP contribution < -0.4 is 0 Å². The van der Waals surface area contributed by atoms with Gasteiger partial charge in [0.25, 0.3) is 0 Å². The lowest BCUT2D eigenvalue weighted by molar-refractivity contribution is -0.147. The molecule has 1 aliphatic rings. The standard InChI is InChI=1S/C11H10BrFO2/c12-9-3-2-7(13)6-8(9)11(10(14)15)4-1-5-11/h2-3,6H,1,4-5H2,(H,14,15). The van der Waals surface area contributed by atoms with Gasteiger partial charge in [0.2, 0.25) is 0 Å². The van der Waals surface area contributed by atoms with E-state index < -0.39 is 11.4 Å². The Morgan fingerprint density at radius 3 is 2.60 bits per heavy atom. The van der Waals surface area contributed by atoms with Crippen LogP contribution >= 0.6 is 15.9 Å². The molecule has 2 nitrogen and oxygen atoms in total. The minimum atomic E-state index is -0.874. The molecule has 1 aliphatic carbocycles. The molecule has 0 unspecified atom stereocenters. The summed E-state index contributed by atoms with van der Waals surface area (Å²) < 4.78 is 13.8. The number of carbonyl (C=O) groups is 1. The van der Waals surface area contributed by atoms with E-state index in [0.29, 0.717) is 22.9 Å². The number of hydrogen-bond acceptors (Lipinski definition) is 1. The average Bonchev–Trinajstić information content (AvgIpc) is 2.08. The highest BCUT2D eigenvalue weighted by Crippen LogP contribution is 2.46. The Bertz CT molecular complexity index is 413. The van der Waals surface area contributed by atoms with Gasteiger partial charge in [0.1, 0.15) is 5.82 Å². The molecule has 2 rings (SSSR count). The molecule has 0 bridgehead atoms. The first-order valence-corrected chi connectivity index (χ1v) is 5.54. The van der Waals surface area contributed by atoms with Crippen LogP contribution in [0.1, 0.15) is 24.8 Å². The van der Waals surface area contributed by atoms with Crippen molar-refractivity contribution in [3.8, 4) is 0 Å². The molecule has 4 heteroatoms. The Morgan fingerprint density at radius 2 is 2.13 bits per heavy atom. The number of carboxylic acid groups (broad SMARTS) is 1. The van der Waals surface area contributed by atoms with Crippen molar-refractivity contribution in [3.05, 3.63) is 34.1 Å². The van der Waals surface area contributed by atoms with Crippen molar-refractivity contribution >= 4 is 21.9 Å². The predicted octanol–water partition coefficient (Wildman–Crippen LogP) is 3.09. The zero-order chi connectivity index (χ0) is 11.1. The minimum Gasteiger partial charge on any atom is -0.481 e. The van der Waals surface area contributed by atoms with Gasteiger partial charge < -0.3 is 5.11 Å². The van der Waals surface area contributed by atoms with Crippen molar-refractivity contribution in [1.29, 1.82) is 0 Å². The lowest BCUT2D eigenvalue weighted by Crippen LogP contribution is -2.42. The van der Waals surface area contributed by atoms with Crippen LogP contribution in [0.5, 0.6) is 0 Å². The molecule has 1 saturated carbocycles. The molecule has 1 fully saturated rings. The Morgan fingerprint density at radius 1 is 1.47 bits per heavy atom. The van der Waals surface area contributed by atoms with Gasteiger partial charge in [0, 0.05) is 4.47 Å². The van der Waals surface area contributed by atoms with Crippen LogP contribution in [0.3, 0.4) is 0 Å². The third-order valence-corrected chi connectivity index (χ3v) is 3.75. The largest absolute Gasteiger partial charge is 0.481 e. The molecule has 80 valence electrons. The molecule has 1 aromatic rings. The normalized spacial score (nSPS) is 18.3. The maximum absolute atomic E-state index is 13.1. The van der Waals surface area contributed by atoms with Crippen LogP contribution in [0.15, 0.2) is 22.7 Å². The van der Waals surface area contributed by atoms with Gasteiger partial charge in [-0.3, -0.25) is 4.79 Å². The van der Waals surface area contributed by atoms with Crippen molar-refractivity contribution in [2.75, 3.05) is 0 Å². The van der Waals surface area contributed by atoms with Crippen molar-refractivity contribution < 1.29 is 14.3 Å². The quantitative estimate of drug-likeness (QED) is 0.899. The summed E-state index contributed by atoms with van der Waals surface area (Å²) in [6, 6.07) is 4.20. The van der Waals surface area contributed by atoms with Gasteiger partial charge in [-0.1, -0.05) is 22.4 Å². The highest BCUT2D eigenvalue weighted by Gasteiger charge is 2.47. The second kappa shape index (κ2) is 3.59. The first-order valence-electron chi connectivity index (χ1n) is 4.75. The second-order valence-electron chi connectivity index (χ2n) is 3.86. The summed E-state index contributed by atoms with van der Waals surface area (Å²) in [6.45, 7) is 0. The van der Waals surface area contributed by atoms with E-state index in [1.165, 1.54) is 12.1 Å². The van der Waals surface area contributed by atoms with Crippen molar-refractivity contribution in [2.24, 2.45) is 0 Å². The van der Waals surface area contributed by atoms with E-state index in [1.807, 2.05) is 0 Å². The molecular weight excluding hydrogens is 263 g/mol. The van der Waals surface area contributed by atoms with Crippen LogP contribution in [0.4, 0.5) is 4.39 Å². The fourth-order valence-corrected chi connectivity index (χ4v) is 2.62. The predicted molar refractivity (Wildman–Crippen MR) is 57.3 cm³/mol. The Hall–Kier alpha value is -0.900. The van der Waals surface area contributed by atoms with Crippen LogP contribution in [0, 0.1) is 5.82 Å². The molecule has 0 atom stereocenters. The maximum Gasteiger partial charge on any atom is 0.314 e. The molecule has 0 radical (unpaired) electrons. The number of halogens is 2. The van der Waals surface area contributed by atoms with Gasteiger partial charge in [-0.25, -0.2) is 4.39 Å². The third kappa shape index (κ3) is 1.57. The lowest BCUT2D eigenvalue weighted by Gasteiger charge is -2.38. The number of benzene rings is 1. The summed E-state index contributed by atoms with van der Waals surface area (Å²) in [6.07, 6.45) is 2.06. The summed E-state index contributed by atoms with van der Waals surface area (Å²) in [7, 11) is 0. The second-order valence-corrected chi connectivity index (χ2v) is 4.72. The number of hydrogen-bond donors (Lipinski definition) is 1. The SMILES string of the molecule is O=C(O)C1(c2cc(F)ccc2Br)CCC1. The van der Waals surface area contributed by atoms with E-state index >= 15 is 0 Å². The Labute approximate surface area is 95.2 Å². The van der Waals surface area contributed by atoms with E-state index in [0.717, 1.165) is 6.42 Å². The summed E-state index contributed by atoms with van der Waals surface area (Å²) in [5.41, 5.74) is -0.317. The van der Waals surface area contributed by atoms with Crippen LogP contribution in [0.25, 0.3) is 0 Å². The molecule has 1 aromatic carbocycles. The third-order valence-electron chi connectivity index (χ3n) is 3.06. The Balaban J connectivity index is 2.51. The first-order chi connectivity index (χ1) is 7.06. The van der Waals surface area contributed by atoms with E-state index in [-0.39, 0.29) is 5.82 Å². The monoisotopic (exact) mass is 272 g/mol. The van der Waals surface area contributed by atoms with E-state index in [2.05, 4.69) is 15.9 Å². The molecule has 1 N–H and O–H groups in total. The number of rotatable bonds is 2. The van der Waals surface area contributed by atoms with E-state index in [9.17, 15) is 14.3 Å². The molecule has 0 spiro atoms. The van der Waals surface area contributed by atoms with Gasteiger partial charge in [-0.2, -0.15) is 0 Å². The fraction of sp³-hybridized carbons (Fsp3) is 0.364. The highest BCUT2D eigenvalue weighted by atomic mass is 79.9. The van der Waals surface area contributed by atoms with Crippen molar-refractivity contribution in [1.82, 2.24) is 0 Å². The van der Waals surface area contributed by atoms with Crippen LogP contribution in [0.2, 0.25) is 0 Å². The van der Waals surface area contributed by atoms with Crippen molar-refractivity contribution in [3.63, 3.8) is 0 Å². The number of aliphatic carboxylic acids is 1. The molecule has 15 heavy (non-hydrogen) atoms. The highest BCUT2D eigenvalue weighted by molar-refractivity contribution is 9.10. The Kier molecular flexibility index (Phi) is 2.54. The molecule has 0 saturated heterocycles. The van der Waals surface area contributed by atoms with Crippen LogP contribution in [-0.4, -0.2) is 11.1 Å². The minimum absolute atomic E-state index is 0.388. The molecule has 0 heterocycles. The van der Waals surface area contributed by atoms with Gasteiger partial charge in [-0.05, 0) is 36.6 Å². The summed E-state index contributed by atoms with van der Waals surface area (Å²) in [5, 5.41) is 9.21. The van der Waals surface area contributed by atoms with Crippen molar-refractivity contribution in [2.45, 2.75) is 24.7 Å². The summed E-state index contributed by atoms with van der Waals surface area (Å²) in [4.78, 5) is 11.2. The van der Waals surface area contributed by atoms with Gasteiger partial charge in [-0.15, -0.1) is 0 Å². The topological polar surface area (TPSA) is 37.3 Å². The zero-order valence-corrected chi connectivity index (χ0v) is 9.55. The zero-order valence-electron chi connectivity index (χ0n) is 7.96. The number of carboxylic acids is 1. The van der Waals surface area contributed by atoms with Crippen LogP contribution in [-0.2, 0) is 10.2 Å². The van der Waals surface area contributed by atoms with Gasteiger partial charge in [0.15, 0.2) is 0 Å². The van der Waals surface area contributed by atoms with E-state index in [1.54, 1.807) is 6.07 Å². The molecular formula is C11H10BrFO2. The molecule has 0 aromatic heterocycles. The van der Waals surface area contributed by atoms with Gasteiger partial charge >= 0.3 is 5.97 Å². The first kappa shape index (κ1) is 10.6. The smallest absolute Gasteiger partial charge is 0.314 e. The fourth-order valence-electron chi connectivity index (χ4n) is 1.99. The molecule has 0 aliphatic heterocycles. The summed E-state index contributed by atoms with van der Waals surface area (Å²) >= 11 is 3.28. The lowest BCUT2D eigenvalue weighted by atomic mass is 9.64. The molecule has 0 amide bonds. The van der Waals surface area contributed by atoms with Gasteiger partial charge in [0.05, 0.1) is 5.41 Å². The average molecular weight is 273 g/mol. The summed E-state index contributed by atoms with van der Waals surface area (Å²) in [5.74, 6) is -1.25. The maximum atomic E-state index is 13.1.